The predicted octanol–water partition coefficient (Wildman–Crippen LogP) is 0.959. The number of aliphatic hydroxyl groups is 1. The molecular weight excluding hydrogens is 332 g/mol. The van der Waals surface area contributed by atoms with Gasteiger partial charge in [-0.2, -0.15) is 9.61 Å². The van der Waals surface area contributed by atoms with Crippen molar-refractivity contribution in [2.24, 2.45) is 11.8 Å². The van der Waals surface area contributed by atoms with Crippen LogP contribution in [0.5, 0.6) is 0 Å². The Bertz CT molecular complexity index is 819. The summed E-state index contributed by atoms with van der Waals surface area (Å²) in [6.45, 7) is 7.54. The third-order valence-electron chi connectivity index (χ3n) is 5.73. The highest BCUT2D eigenvalue weighted by Crippen LogP contribution is 2.39. The van der Waals surface area contributed by atoms with Crippen LogP contribution >= 0.6 is 0 Å². The van der Waals surface area contributed by atoms with Crippen molar-refractivity contribution >= 4 is 17.2 Å². The smallest absolute Gasteiger partial charge is 0.217 e. The summed E-state index contributed by atoms with van der Waals surface area (Å²) in [5.74, 6) is 1.11. The molecule has 8 nitrogen and oxygen atoms in total. The van der Waals surface area contributed by atoms with Gasteiger partial charge in [0.25, 0.3) is 0 Å². The molecule has 3 heterocycles. The second kappa shape index (κ2) is 6.50. The molecule has 4 atom stereocenters. The molecule has 1 aliphatic carbocycles. The van der Waals surface area contributed by atoms with Crippen LogP contribution in [-0.4, -0.2) is 56.1 Å². The number of anilines is 1. The zero-order chi connectivity index (χ0) is 18.4. The molecule has 2 aromatic heterocycles. The average molecular weight is 358 g/mol. The van der Waals surface area contributed by atoms with Gasteiger partial charge in [0.15, 0.2) is 0 Å². The van der Waals surface area contributed by atoms with E-state index in [1.165, 1.54) is 6.92 Å². The maximum atomic E-state index is 11.4. The quantitative estimate of drug-likeness (QED) is 0.848. The van der Waals surface area contributed by atoms with Crippen LogP contribution in [0.3, 0.4) is 0 Å². The standard InChI is InChI=1S/C18H26N6O2/c1-10(2)14-6-16(18-21-19-9-24(18)22-14)23-7-12-4-15(20-11(3)25)17(26)5-13(12)8-23/h6,9-10,12-13,15,17,26H,4-5,7-8H2,1-3H3,(H,20,25)/t12-,13+,15-,17-/m1/s1. The van der Waals surface area contributed by atoms with Gasteiger partial charge in [0.05, 0.1) is 23.5 Å². The highest BCUT2D eigenvalue weighted by molar-refractivity contribution is 5.73. The highest BCUT2D eigenvalue weighted by Gasteiger charge is 2.42. The molecule has 140 valence electrons. The lowest BCUT2D eigenvalue weighted by Gasteiger charge is -2.35. The zero-order valence-corrected chi connectivity index (χ0v) is 15.5. The Morgan fingerprint density at radius 3 is 2.73 bits per heavy atom. The van der Waals surface area contributed by atoms with Gasteiger partial charge in [-0.15, -0.1) is 10.2 Å². The molecule has 8 heteroatoms. The van der Waals surface area contributed by atoms with Crippen molar-refractivity contribution < 1.29 is 9.90 Å². The van der Waals surface area contributed by atoms with E-state index in [4.69, 9.17) is 0 Å². The molecule has 1 saturated heterocycles. The lowest BCUT2D eigenvalue weighted by Crippen LogP contribution is -2.48. The van der Waals surface area contributed by atoms with E-state index < -0.39 is 6.10 Å². The molecule has 0 radical (unpaired) electrons. The van der Waals surface area contributed by atoms with Crippen LogP contribution in [-0.2, 0) is 4.79 Å². The molecule has 0 bridgehead atoms. The molecule has 2 aliphatic rings. The molecule has 2 fully saturated rings. The van der Waals surface area contributed by atoms with Gasteiger partial charge in [-0.05, 0) is 36.7 Å². The third-order valence-corrected chi connectivity index (χ3v) is 5.73. The van der Waals surface area contributed by atoms with Gasteiger partial charge in [-0.3, -0.25) is 4.79 Å². The first-order valence-corrected chi connectivity index (χ1v) is 9.33. The number of hydrogen-bond donors (Lipinski definition) is 2. The fourth-order valence-corrected chi connectivity index (χ4v) is 4.39. The molecule has 0 aromatic carbocycles. The summed E-state index contributed by atoms with van der Waals surface area (Å²) < 4.78 is 1.75. The number of carbonyl (C=O) groups excluding carboxylic acids is 1. The topological polar surface area (TPSA) is 95.7 Å². The second-order valence-corrected chi connectivity index (χ2v) is 7.98. The van der Waals surface area contributed by atoms with Gasteiger partial charge in [0.2, 0.25) is 11.6 Å². The third kappa shape index (κ3) is 3.02. The van der Waals surface area contributed by atoms with E-state index in [9.17, 15) is 9.90 Å². The highest BCUT2D eigenvalue weighted by atomic mass is 16.3. The Hall–Kier alpha value is -2.22. The van der Waals surface area contributed by atoms with Crippen LogP contribution in [0.2, 0.25) is 0 Å². The summed E-state index contributed by atoms with van der Waals surface area (Å²) in [5.41, 5.74) is 2.84. The monoisotopic (exact) mass is 358 g/mol. The van der Waals surface area contributed by atoms with Gasteiger partial charge >= 0.3 is 0 Å². The minimum absolute atomic E-state index is 0.0803. The summed E-state index contributed by atoms with van der Waals surface area (Å²) in [5, 5.41) is 26.2. The first-order chi connectivity index (χ1) is 12.4. The van der Waals surface area contributed by atoms with Crippen molar-refractivity contribution in [3.05, 3.63) is 18.1 Å². The van der Waals surface area contributed by atoms with Gasteiger partial charge in [-0.25, -0.2) is 0 Å². The van der Waals surface area contributed by atoms with Crippen molar-refractivity contribution in [2.45, 2.75) is 51.7 Å². The maximum Gasteiger partial charge on any atom is 0.217 e. The van der Waals surface area contributed by atoms with Gasteiger partial charge in [0, 0.05) is 20.0 Å². The van der Waals surface area contributed by atoms with Crippen LogP contribution in [0.15, 0.2) is 12.4 Å². The van der Waals surface area contributed by atoms with E-state index in [2.05, 4.69) is 45.4 Å². The molecule has 2 aromatic rings. The van der Waals surface area contributed by atoms with E-state index in [-0.39, 0.29) is 11.9 Å². The predicted molar refractivity (Wildman–Crippen MR) is 96.9 cm³/mol. The van der Waals surface area contributed by atoms with Crippen molar-refractivity contribution in [2.75, 3.05) is 18.0 Å². The minimum Gasteiger partial charge on any atom is -0.391 e. The number of aromatic nitrogens is 4. The normalized spacial score (nSPS) is 28.6. The molecule has 0 unspecified atom stereocenters. The number of aliphatic hydroxyl groups excluding tert-OH is 1. The second-order valence-electron chi connectivity index (χ2n) is 7.98. The Kier molecular flexibility index (Phi) is 4.30. The number of nitrogens with zero attached hydrogens (tertiary/aromatic N) is 5. The molecule has 26 heavy (non-hydrogen) atoms. The SMILES string of the molecule is CC(=O)N[C@@H]1C[C@@H]2CN(c3cc(C(C)C)nn4cnnc34)C[C@@H]2C[C@H]1O. The van der Waals surface area contributed by atoms with Crippen molar-refractivity contribution in [3.63, 3.8) is 0 Å². The van der Waals surface area contributed by atoms with Crippen LogP contribution in [0.4, 0.5) is 5.69 Å². The van der Waals surface area contributed by atoms with Gasteiger partial charge in [0.1, 0.15) is 6.33 Å². The molecule has 1 aliphatic heterocycles. The summed E-state index contributed by atoms with van der Waals surface area (Å²) in [6, 6.07) is 1.97. The van der Waals surface area contributed by atoms with E-state index in [0.29, 0.717) is 17.8 Å². The van der Waals surface area contributed by atoms with Gasteiger partial charge in [-0.1, -0.05) is 13.8 Å². The molecular formula is C18H26N6O2. The Morgan fingerprint density at radius 2 is 2.04 bits per heavy atom. The lowest BCUT2D eigenvalue weighted by molar-refractivity contribution is -0.121. The molecule has 1 saturated carbocycles. The molecule has 2 N–H and O–H groups in total. The fraction of sp³-hybridized carbons (Fsp3) is 0.667. The largest absolute Gasteiger partial charge is 0.391 e. The summed E-state index contributed by atoms with van der Waals surface area (Å²) in [4.78, 5) is 13.7. The van der Waals surface area contributed by atoms with E-state index in [0.717, 1.165) is 43.0 Å². The van der Waals surface area contributed by atoms with Crippen LogP contribution in [0.25, 0.3) is 5.65 Å². The maximum absolute atomic E-state index is 11.4. The minimum atomic E-state index is -0.475. The first-order valence-electron chi connectivity index (χ1n) is 9.33. The Morgan fingerprint density at radius 1 is 1.31 bits per heavy atom. The van der Waals surface area contributed by atoms with E-state index >= 15 is 0 Å². The average Bonchev–Trinajstić information content (AvgIpc) is 3.19. The summed E-state index contributed by atoms with van der Waals surface area (Å²) >= 11 is 0. The lowest BCUT2D eigenvalue weighted by atomic mass is 9.77. The van der Waals surface area contributed by atoms with Crippen LogP contribution in [0.1, 0.15) is 45.2 Å². The number of carbonyl (C=O) groups is 1. The van der Waals surface area contributed by atoms with Crippen molar-refractivity contribution in [1.82, 2.24) is 25.1 Å². The Balaban J connectivity index is 1.60. The van der Waals surface area contributed by atoms with E-state index in [1.807, 2.05) is 0 Å². The van der Waals surface area contributed by atoms with E-state index in [1.54, 1.807) is 10.8 Å². The first kappa shape index (κ1) is 17.2. The molecule has 1 amide bonds. The zero-order valence-electron chi connectivity index (χ0n) is 15.5. The summed E-state index contributed by atoms with van der Waals surface area (Å²) in [7, 11) is 0. The number of amides is 1. The Labute approximate surface area is 152 Å². The molecule has 0 spiro atoms. The fourth-order valence-electron chi connectivity index (χ4n) is 4.39. The van der Waals surface area contributed by atoms with Crippen molar-refractivity contribution in [1.29, 1.82) is 0 Å². The number of rotatable bonds is 3. The van der Waals surface area contributed by atoms with Gasteiger partial charge < -0.3 is 15.3 Å². The number of nitrogens with one attached hydrogen (secondary N) is 1. The molecule has 4 rings (SSSR count). The van der Waals surface area contributed by atoms with Crippen LogP contribution < -0.4 is 10.2 Å². The van der Waals surface area contributed by atoms with Crippen molar-refractivity contribution in [3.8, 4) is 0 Å². The summed E-state index contributed by atoms with van der Waals surface area (Å²) in [6.07, 6.45) is 2.70. The number of hydrogen-bond acceptors (Lipinski definition) is 6. The van der Waals surface area contributed by atoms with Crippen LogP contribution in [0, 0.1) is 11.8 Å². The number of fused-ring (bicyclic) bond motifs is 2.